The minimum absolute atomic E-state index is 0.144. The number of carbonyl (C=O) groups is 1. The lowest BCUT2D eigenvalue weighted by Gasteiger charge is -2.34. The molecule has 2 aromatic rings. The van der Waals surface area contributed by atoms with Gasteiger partial charge in [0.05, 0.1) is 18.7 Å². The summed E-state index contributed by atoms with van der Waals surface area (Å²) in [7, 11) is 0. The number of ether oxygens (including phenoxy) is 1. The molecule has 2 aromatic heterocycles. The van der Waals surface area contributed by atoms with E-state index < -0.39 is 0 Å². The number of likely N-dealkylation sites (tertiary alicyclic amines) is 1. The average Bonchev–Trinajstić information content (AvgIpc) is 3.01. The lowest BCUT2D eigenvalue weighted by atomic mass is 9.99. The van der Waals surface area contributed by atoms with Crippen molar-refractivity contribution < 1.29 is 9.53 Å². The number of aryl methyl sites for hydroxylation is 1. The first-order chi connectivity index (χ1) is 12.1. The Kier molecular flexibility index (Phi) is 5.80. The minimum Gasteiger partial charge on any atom is -0.466 e. The first-order valence-electron chi connectivity index (χ1n) is 8.89. The summed E-state index contributed by atoms with van der Waals surface area (Å²) in [4.78, 5) is 31.6. The molecule has 0 N–H and O–H groups in total. The van der Waals surface area contributed by atoms with Crippen molar-refractivity contribution in [3.8, 4) is 0 Å². The number of hydrogen-bond donors (Lipinski definition) is 0. The van der Waals surface area contributed by atoms with Gasteiger partial charge in [-0.15, -0.1) is 0 Å². The lowest BCUT2D eigenvalue weighted by Crippen LogP contribution is -2.41. The van der Waals surface area contributed by atoms with Crippen LogP contribution in [0, 0.1) is 0 Å². The highest BCUT2D eigenvalue weighted by molar-refractivity contribution is 7.16. The van der Waals surface area contributed by atoms with E-state index in [1.807, 2.05) is 13.8 Å². The molecule has 8 heteroatoms. The maximum atomic E-state index is 12.3. The first kappa shape index (κ1) is 18.0. The maximum Gasteiger partial charge on any atom is 0.307 e. The molecule has 3 rings (SSSR count). The molecule has 3 heterocycles. The maximum absolute atomic E-state index is 12.3. The van der Waals surface area contributed by atoms with Gasteiger partial charge in [-0.2, -0.15) is 9.61 Å². The molecule has 0 spiro atoms. The van der Waals surface area contributed by atoms with Gasteiger partial charge in [-0.25, -0.2) is 4.98 Å². The zero-order valence-electron chi connectivity index (χ0n) is 14.7. The molecule has 1 atom stereocenters. The molecule has 136 valence electrons. The Bertz CT molecular complexity index is 801. The summed E-state index contributed by atoms with van der Waals surface area (Å²) in [5.41, 5.74) is 0.599. The van der Waals surface area contributed by atoms with E-state index in [0.29, 0.717) is 24.5 Å². The molecule has 1 aliphatic heterocycles. The zero-order valence-corrected chi connectivity index (χ0v) is 15.5. The van der Waals surface area contributed by atoms with Crippen LogP contribution in [0.1, 0.15) is 50.2 Å². The number of carbonyl (C=O) groups excluding carboxylic acids is 1. The van der Waals surface area contributed by atoms with E-state index in [1.165, 1.54) is 15.9 Å². The van der Waals surface area contributed by atoms with Gasteiger partial charge < -0.3 is 4.74 Å². The Morgan fingerprint density at radius 1 is 1.40 bits per heavy atom. The Hall–Kier alpha value is -1.80. The predicted molar refractivity (Wildman–Crippen MR) is 95.8 cm³/mol. The van der Waals surface area contributed by atoms with Gasteiger partial charge in [-0.3, -0.25) is 14.5 Å². The van der Waals surface area contributed by atoms with Crippen molar-refractivity contribution in [1.82, 2.24) is 19.5 Å². The van der Waals surface area contributed by atoms with Crippen molar-refractivity contribution in [2.24, 2.45) is 0 Å². The first-order valence-corrected chi connectivity index (χ1v) is 9.70. The van der Waals surface area contributed by atoms with Crippen LogP contribution in [-0.4, -0.2) is 44.7 Å². The van der Waals surface area contributed by atoms with Gasteiger partial charge in [0, 0.05) is 18.7 Å². The third kappa shape index (κ3) is 4.24. The smallest absolute Gasteiger partial charge is 0.307 e. The van der Waals surface area contributed by atoms with Gasteiger partial charge in [-0.1, -0.05) is 24.7 Å². The van der Waals surface area contributed by atoms with Crippen LogP contribution in [0.3, 0.4) is 0 Å². The Morgan fingerprint density at radius 3 is 3.00 bits per heavy atom. The van der Waals surface area contributed by atoms with Crippen LogP contribution in [-0.2, 0) is 22.5 Å². The van der Waals surface area contributed by atoms with Crippen LogP contribution in [0.25, 0.3) is 4.96 Å². The van der Waals surface area contributed by atoms with E-state index in [2.05, 4.69) is 15.0 Å². The van der Waals surface area contributed by atoms with E-state index in [9.17, 15) is 9.59 Å². The molecule has 7 nitrogen and oxygen atoms in total. The Balaban J connectivity index is 1.78. The highest BCUT2D eigenvalue weighted by atomic mass is 32.1. The Labute approximate surface area is 150 Å². The number of esters is 1. The van der Waals surface area contributed by atoms with E-state index in [0.717, 1.165) is 42.9 Å². The highest BCUT2D eigenvalue weighted by Gasteiger charge is 2.26. The van der Waals surface area contributed by atoms with Crippen LogP contribution < -0.4 is 5.56 Å². The summed E-state index contributed by atoms with van der Waals surface area (Å²) in [5, 5.41) is 5.18. The normalized spacial score (nSPS) is 18.6. The van der Waals surface area contributed by atoms with E-state index in [-0.39, 0.29) is 17.6 Å². The SMILES string of the molecule is CCOC(=O)CC1CCCCN1Cc1cc(=O)n2nc(CC)sc2n1. The van der Waals surface area contributed by atoms with Gasteiger partial charge in [-0.05, 0) is 32.7 Å². The second-order valence-electron chi connectivity index (χ2n) is 6.26. The summed E-state index contributed by atoms with van der Waals surface area (Å²) in [6.07, 6.45) is 4.37. The molecule has 0 saturated carbocycles. The molecule has 0 aliphatic carbocycles. The molecular weight excluding hydrogens is 340 g/mol. The summed E-state index contributed by atoms with van der Waals surface area (Å²) in [6, 6.07) is 1.71. The fraction of sp³-hybridized carbons (Fsp3) is 0.647. The predicted octanol–water partition coefficient (Wildman–Crippen LogP) is 2.02. The van der Waals surface area contributed by atoms with Crippen molar-refractivity contribution in [2.45, 2.75) is 58.5 Å². The molecule has 0 radical (unpaired) electrons. The molecule has 25 heavy (non-hydrogen) atoms. The summed E-state index contributed by atoms with van der Waals surface area (Å²) in [6.45, 7) is 5.73. The van der Waals surface area contributed by atoms with Gasteiger partial charge in [0.25, 0.3) is 5.56 Å². The Morgan fingerprint density at radius 2 is 2.24 bits per heavy atom. The number of nitrogens with zero attached hydrogens (tertiary/aromatic N) is 4. The monoisotopic (exact) mass is 364 g/mol. The highest BCUT2D eigenvalue weighted by Crippen LogP contribution is 2.22. The third-order valence-electron chi connectivity index (χ3n) is 4.46. The number of fused-ring (bicyclic) bond motifs is 1. The average molecular weight is 364 g/mol. The second-order valence-corrected chi connectivity index (χ2v) is 7.30. The van der Waals surface area contributed by atoms with Crippen molar-refractivity contribution in [3.05, 3.63) is 27.1 Å². The van der Waals surface area contributed by atoms with Crippen molar-refractivity contribution in [1.29, 1.82) is 0 Å². The van der Waals surface area contributed by atoms with Gasteiger partial charge in [0.2, 0.25) is 4.96 Å². The van der Waals surface area contributed by atoms with Gasteiger partial charge in [0.15, 0.2) is 0 Å². The quantitative estimate of drug-likeness (QED) is 0.730. The third-order valence-corrected chi connectivity index (χ3v) is 5.52. The summed E-state index contributed by atoms with van der Waals surface area (Å²) in [5.74, 6) is -0.155. The fourth-order valence-electron chi connectivity index (χ4n) is 3.24. The molecule has 0 amide bonds. The number of hydrogen-bond acceptors (Lipinski definition) is 7. The van der Waals surface area contributed by atoms with Crippen LogP contribution in [0.4, 0.5) is 0 Å². The van der Waals surface area contributed by atoms with Crippen molar-refractivity contribution >= 4 is 22.3 Å². The number of piperidine rings is 1. The molecule has 1 aliphatic rings. The van der Waals surface area contributed by atoms with Crippen molar-refractivity contribution in [2.75, 3.05) is 13.2 Å². The van der Waals surface area contributed by atoms with E-state index >= 15 is 0 Å². The van der Waals surface area contributed by atoms with Crippen LogP contribution in [0.15, 0.2) is 10.9 Å². The fourth-order valence-corrected chi connectivity index (χ4v) is 4.10. The summed E-state index contributed by atoms with van der Waals surface area (Å²) < 4.78 is 6.47. The van der Waals surface area contributed by atoms with Crippen LogP contribution in [0.2, 0.25) is 0 Å². The van der Waals surface area contributed by atoms with Crippen LogP contribution >= 0.6 is 11.3 Å². The number of aromatic nitrogens is 3. The molecule has 1 fully saturated rings. The van der Waals surface area contributed by atoms with E-state index in [4.69, 9.17) is 4.74 Å². The minimum atomic E-state index is -0.155. The topological polar surface area (TPSA) is 76.8 Å². The van der Waals surface area contributed by atoms with Gasteiger partial charge in [0.1, 0.15) is 5.01 Å². The standard InChI is InChI=1S/C17H24N4O3S/c1-3-14-19-21-15(22)9-12(18-17(21)25-14)11-20-8-6-5-7-13(20)10-16(23)24-4-2/h9,13H,3-8,10-11H2,1-2H3. The molecule has 1 unspecified atom stereocenters. The van der Waals surface area contributed by atoms with Crippen molar-refractivity contribution in [3.63, 3.8) is 0 Å². The molecule has 0 bridgehead atoms. The second kappa shape index (κ2) is 8.05. The van der Waals surface area contributed by atoms with Gasteiger partial charge >= 0.3 is 5.97 Å². The summed E-state index contributed by atoms with van der Waals surface area (Å²) >= 11 is 1.45. The largest absolute Gasteiger partial charge is 0.466 e. The molecule has 0 aromatic carbocycles. The van der Waals surface area contributed by atoms with E-state index in [1.54, 1.807) is 6.07 Å². The number of rotatable bonds is 6. The molecule has 1 saturated heterocycles. The lowest BCUT2D eigenvalue weighted by molar-refractivity contribution is -0.145. The zero-order chi connectivity index (χ0) is 17.8. The molecular formula is C17H24N4O3S. The van der Waals surface area contributed by atoms with Crippen LogP contribution in [0.5, 0.6) is 0 Å².